The lowest BCUT2D eigenvalue weighted by molar-refractivity contribution is -0.126. The molecule has 1 aliphatic heterocycles. The van der Waals surface area contributed by atoms with Crippen LogP contribution in [0.3, 0.4) is 0 Å². The van der Waals surface area contributed by atoms with Crippen LogP contribution in [0, 0.1) is 0 Å². The lowest BCUT2D eigenvalue weighted by Crippen LogP contribution is -2.44. The molecule has 1 N–H and O–H groups in total. The van der Waals surface area contributed by atoms with E-state index in [2.05, 4.69) is 5.32 Å². The Bertz CT molecular complexity index is 533. The quantitative estimate of drug-likeness (QED) is 0.930. The van der Waals surface area contributed by atoms with E-state index >= 15 is 0 Å². The van der Waals surface area contributed by atoms with Gasteiger partial charge in [0.1, 0.15) is 13.2 Å². The molecule has 1 heterocycles. The van der Waals surface area contributed by atoms with Gasteiger partial charge in [-0.15, -0.1) is 0 Å². The van der Waals surface area contributed by atoms with Gasteiger partial charge in [-0.1, -0.05) is 18.9 Å². The summed E-state index contributed by atoms with van der Waals surface area (Å²) < 4.78 is 11.1. The van der Waals surface area contributed by atoms with Crippen LogP contribution >= 0.6 is 0 Å². The SMILES string of the molecule is CC(C)(C(=O)NC1CCCC1)c1ccc2c(c1)OCCO2. The molecule has 0 atom stereocenters. The molecule has 1 aliphatic carbocycles. The highest BCUT2D eigenvalue weighted by Crippen LogP contribution is 2.35. The van der Waals surface area contributed by atoms with Crippen molar-refractivity contribution in [3.63, 3.8) is 0 Å². The normalized spacial score (nSPS) is 18.6. The van der Waals surface area contributed by atoms with Crippen LogP contribution < -0.4 is 14.8 Å². The van der Waals surface area contributed by atoms with Crippen LogP contribution in [-0.4, -0.2) is 25.2 Å². The fourth-order valence-corrected chi connectivity index (χ4v) is 3.00. The Balaban J connectivity index is 1.78. The standard InChI is InChI=1S/C17H23NO3/c1-17(2,16(19)18-13-5-3-4-6-13)12-7-8-14-15(11-12)21-10-9-20-14/h7-8,11,13H,3-6,9-10H2,1-2H3,(H,18,19). The van der Waals surface area contributed by atoms with Gasteiger partial charge in [0.15, 0.2) is 11.5 Å². The molecule has 0 spiro atoms. The summed E-state index contributed by atoms with van der Waals surface area (Å²) in [7, 11) is 0. The zero-order valence-electron chi connectivity index (χ0n) is 12.8. The number of amides is 1. The van der Waals surface area contributed by atoms with Crippen LogP contribution in [0.4, 0.5) is 0 Å². The highest BCUT2D eigenvalue weighted by Gasteiger charge is 2.33. The molecule has 1 aromatic rings. The van der Waals surface area contributed by atoms with E-state index in [1.54, 1.807) is 0 Å². The van der Waals surface area contributed by atoms with Crippen molar-refractivity contribution < 1.29 is 14.3 Å². The van der Waals surface area contributed by atoms with Gasteiger partial charge in [-0.3, -0.25) is 4.79 Å². The number of rotatable bonds is 3. The minimum atomic E-state index is -0.571. The van der Waals surface area contributed by atoms with Crippen molar-refractivity contribution in [2.24, 2.45) is 0 Å². The molecule has 1 amide bonds. The van der Waals surface area contributed by atoms with Crippen LogP contribution in [0.25, 0.3) is 0 Å². The molecule has 1 saturated carbocycles. The van der Waals surface area contributed by atoms with E-state index in [-0.39, 0.29) is 5.91 Å². The maximum absolute atomic E-state index is 12.6. The second-order valence-electron chi connectivity index (χ2n) is 6.44. The third kappa shape index (κ3) is 2.85. The van der Waals surface area contributed by atoms with Gasteiger partial charge in [0.05, 0.1) is 5.41 Å². The van der Waals surface area contributed by atoms with Gasteiger partial charge < -0.3 is 14.8 Å². The number of nitrogens with one attached hydrogen (secondary N) is 1. The summed E-state index contributed by atoms with van der Waals surface area (Å²) in [6.45, 7) is 5.06. The molecule has 0 unspecified atom stereocenters. The number of hydrogen-bond acceptors (Lipinski definition) is 3. The first-order valence-corrected chi connectivity index (χ1v) is 7.78. The summed E-state index contributed by atoms with van der Waals surface area (Å²) in [6, 6.07) is 6.13. The summed E-state index contributed by atoms with van der Waals surface area (Å²) in [5.41, 5.74) is 0.389. The van der Waals surface area contributed by atoms with Gasteiger partial charge in [-0.2, -0.15) is 0 Å². The molecule has 0 aromatic heterocycles. The summed E-state index contributed by atoms with van der Waals surface area (Å²) in [4.78, 5) is 12.6. The van der Waals surface area contributed by atoms with E-state index in [0.29, 0.717) is 19.3 Å². The van der Waals surface area contributed by atoms with Gasteiger partial charge >= 0.3 is 0 Å². The molecule has 0 saturated heterocycles. The molecule has 0 bridgehead atoms. The zero-order valence-corrected chi connectivity index (χ0v) is 12.8. The first kappa shape index (κ1) is 14.2. The third-order valence-corrected chi connectivity index (χ3v) is 4.52. The average Bonchev–Trinajstić information content (AvgIpc) is 2.99. The molecular weight excluding hydrogens is 266 g/mol. The second kappa shape index (κ2) is 5.58. The largest absolute Gasteiger partial charge is 0.486 e. The Morgan fingerprint density at radius 1 is 1.14 bits per heavy atom. The second-order valence-corrected chi connectivity index (χ2v) is 6.44. The van der Waals surface area contributed by atoms with Crippen molar-refractivity contribution >= 4 is 5.91 Å². The summed E-state index contributed by atoms with van der Waals surface area (Å²) in [5, 5.41) is 3.19. The van der Waals surface area contributed by atoms with Crippen LogP contribution in [-0.2, 0) is 10.2 Å². The first-order valence-electron chi connectivity index (χ1n) is 7.78. The number of carbonyl (C=O) groups excluding carboxylic acids is 1. The highest BCUT2D eigenvalue weighted by molar-refractivity contribution is 5.87. The molecule has 1 aromatic carbocycles. The van der Waals surface area contributed by atoms with Crippen LogP contribution in [0.1, 0.15) is 45.1 Å². The fraction of sp³-hybridized carbons (Fsp3) is 0.588. The van der Waals surface area contributed by atoms with Crippen molar-refractivity contribution in [3.8, 4) is 11.5 Å². The number of hydrogen-bond donors (Lipinski definition) is 1. The Morgan fingerprint density at radius 2 is 1.81 bits per heavy atom. The Morgan fingerprint density at radius 3 is 2.52 bits per heavy atom. The summed E-state index contributed by atoms with van der Waals surface area (Å²) in [6.07, 6.45) is 4.64. The van der Waals surface area contributed by atoms with Gasteiger partial charge in [-0.25, -0.2) is 0 Å². The molecule has 4 nitrogen and oxygen atoms in total. The molecule has 0 radical (unpaired) electrons. The number of carbonyl (C=O) groups is 1. The molecule has 114 valence electrons. The van der Waals surface area contributed by atoms with Crippen molar-refractivity contribution in [1.29, 1.82) is 0 Å². The molecule has 21 heavy (non-hydrogen) atoms. The number of benzene rings is 1. The van der Waals surface area contributed by atoms with Crippen LogP contribution in [0.15, 0.2) is 18.2 Å². The monoisotopic (exact) mass is 289 g/mol. The predicted octanol–water partition coefficient (Wildman–Crippen LogP) is 2.79. The zero-order chi connectivity index (χ0) is 14.9. The molecule has 3 rings (SSSR count). The van der Waals surface area contributed by atoms with Gasteiger partial charge in [0.2, 0.25) is 5.91 Å². The summed E-state index contributed by atoms with van der Waals surface area (Å²) in [5.74, 6) is 1.59. The van der Waals surface area contributed by atoms with Gasteiger partial charge in [0, 0.05) is 6.04 Å². The van der Waals surface area contributed by atoms with E-state index in [0.717, 1.165) is 29.9 Å². The lowest BCUT2D eigenvalue weighted by Gasteiger charge is -2.28. The highest BCUT2D eigenvalue weighted by atomic mass is 16.6. The molecular formula is C17H23NO3. The number of fused-ring (bicyclic) bond motifs is 1. The fourth-order valence-electron chi connectivity index (χ4n) is 3.00. The van der Waals surface area contributed by atoms with Gasteiger partial charge in [0.25, 0.3) is 0 Å². The molecule has 1 fully saturated rings. The van der Waals surface area contributed by atoms with Crippen molar-refractivity contribution in [1.82, 2.24) is 5.32 Å². The molecule has 4 heteroatoms. The van der Waals surface area contributed by atoms with Crippen molar-refractivity contribution in [3.05, 3.63) is 23.8 Å². The average molecular weight is 289 g/mol. The van der Waals surface area contributed by atoms with E-state index < -0.39 is 5.41 Å². The first-order chi connectivity index (χ1) is 10.1. The third-order valence-electron chi connectivity index (χ3n) is 4.52. The minimum Gasteiger partial charge on any atom is -0.486 e. The Kier molecular flexibility index (Phi) is 3.79. The van der Waals surface area contributed by atoms with E-state index in [4.69, 9.17) is 9.47 Å². The van der Waals surface area contributed by atoms with E-state index in [1.807, 2.05) is 32.0 Å². The van der Waals surface area contributed by atoms with Crippen LogP contribution in [0.5, 0.6) is 11.5 Å². The molecule has 2 aliphatic rings. The topological polar surface area (TPSA) is 47.6 Å². The maximum Gasteiger partial charge on any atom is 0.230 e. The van der Waals surface area contributed by atoms with Gasteiger partial charge in [-0.05, 0) is 44.4 Å². The van der Waals surface area contributed by atoms with Crippen LogP contribution in [0.2, 0.25) is 0 Å². The Hall–Kier alpha value is -1.71. The smallest absolute Gasteiger partial charge is 0.230 e. The predicted molar refractivity (Wildman–Crippen MR) is 80.9 cm³/mol. The lowest BCUT2D eigenvalue weighted by atomic mass is 9.83. The van der Waals surface area contributed by atoms with E-state index in [9.17, 15) is 4.79 Å². The maximum atomic E-state index is 12.6. The minimum absolute atomic E-state index is 0.0890. The van der Waals surface area contributed by atoms with E-state index in [1.165, 1.54) is 12.8 Å². The number of ether oxygens (including phenoxy) is 2. The van der Waals surface area contributed by atoms with Crippen molar-refractivity contribution in [2.45, 2.75) is 51.0 Å². The summed E-state index contributed by atoms with van der Waals surface area (Å²) >= 11 is 0. The Labute approximate surface area is 125 Å². The van der Waals surface area contributed by atoms with Crippen molar-refractivity contribution in [2.75, 3.05) is 13.2 Å².